The number of ether oxygens (including phenoxy) is 3. The second-order valence-electron chi connectivity index (χ2n) is 9.00. The summed E-state index contributed by atoms with van der Waals surface area (Å²) in [7, 11) is 1.89. The Hall–Kier alpha value is -0.120. The lowest BCUT2D eigenvalue weighted by atomic mass is 9.84. The van der Waals surface area contributed by atoms with E-state index in [2.05, 4.69) is 22.1 Å². The molecule has 0 radical (unpaired) electrons. The molecule has 30 heavy (non-hydrogen) atoms. The first kappa shape index (κ1) is 26.1. The van der Waals surface area contributed by atoms with Gasteiger partial charge in [-0.2, -0.15) is 0 Å². The highest BCUT2D eigenvalue weighted by Gasteiger charge is 2.33. The molecule has 3 rings (SSSR count). The van der Waals surface area contributed by atoms with Gasteiger partial charge in [0.15, 0.2) is 5.96 Å². The molecule has 3 aliphatic rings. The molecule has 2 heterocycles. The Morgan fingerprint density at radius 2 is 1.87 bits per heavy atom. The second-order valence-corrected chi connectivity index (χ2v) is 9.00. The van der Waals surface area contributed by atoms with Crippen molar-refractivity contribution < 1.29 is 14.2 Å². The van der Waals surface area contributed by atoms with Crippen LogP contribution in [-0.2, 0) is 14.2 Å². The fraction of sp³-hybridized carbons (Fsp3) is 0.957. The van der Waals surface area contributed by atoms with Crippen LogP contribution < -0.4 is 5.32 Å². The van der Waals surface area contributed by atoms with Gasteiger partial charge in [0, 0.05) is 39.9 Å². The first-order valence-corrected chi connectivity index (χ1v) is 12.1. The Morgan fingerprint density at radius 1 is 1.10 bits per heavy atom. The van der Waals surface area contributed by atoms with E-state index in [0.717, 1.165) is 83.9 Å². The van der Waals surface area contributed by atoms with Crippen LogP contribution in [0.3, 0.4) is 0 Å². The molecular formula is C23H44IN3O3. The van der Waals surface area contributed by atoms with Crippen molar-refractivity contribution in [3.8, 4) is 0 Å². The molecule has 2 aliphatic heterocycles. The van der Waals surface area contributed by atoms with Gasteiger partial charge in [-0.3, -0.25) is 4.99 Å². The van der Waals surface area contributed by atoms with Crippen molar-refractivity contribution in [1.29, 1.82) is 0 Å². The van der Waals surface area contributed by atoms with Crippen LogP contribution in [0.5, 0.6) is 0 Å². The number of likely N-dealkylation sites (tertiary alicyclic amines) is 1. The van der Waals surface area contributed by atoms with E-state index >= 15 is 0 Å². The van der Waals surface area contributed by atoms with Gasteiger partial charge in [-0.15, -0.1) is 24.0 Å². The van der Waals surface area contributed by atoms with Crippen LogP contribution in [0.15, 0.2) is 4.99 Å². The number of guanidine groups is 1. The maximum absolute atomic E-state index is 6.34. The number of halogens is 1. The summed E-state index contributed by atoms with van der Waals surface area (Å²) in [5.41, 5.74) is -0.00830. The summed E-state index contributed by atoms with van der Waals surface area (Å²) in [6.07, 6.45) is 13.7. The van der Waals surface area contributed by atoms with Crippen LogP contribution in [0.25, 0.3) is 0 Å². The Balaban J connectivity index is 0.00000320. The quantitative estimate of drug-likeness (QED) is 0.283. The van der Waals surface area contributed by atoms with Gasteiger partial charge >= 0.3 is 0 Å². The summed E-state index contributed by atoms with van der Waals surface area (Å²) < 4.78 is 18.3. The van der Waals surface area contributed by atoms with Gasteiger partial charge in [-0.1, -0.05) is 26.2 Å². The van der Waals surface area contributed by atoms with Crippen molar-refractivity contribution in [2.24, 2.45) is 4.99 Å². The van der Waals surface area contributed by atoms with Crippen LogP contribution in [0, 0.1) is 0 Å². The first-order chi connectivity index (χ1) is 14.2. The zero-order valence-corrected chi connectivity index (χ0v) is 21.5. The first-order valence-electron chi connectivity index (χ1n) is 12.1. The van der Waals surface area contributed by atoms with Crippen molar-refractivity contribution >= 4 is 29.9 Å². The third-order valence-corrected chi connectivity index (χ3v) is 6.69. The molecule has 6 nitrogen and oxygen atoms in total. The molecular weight excluding hydrogens is 493 g/mol. The zero-order valence-electron chi connectivity index (χ0n) is 19.2. The highest BCUT2D eigenvalue weighted by atomic mass is 127. The average molecular weight is 538 g/mol. The number of aliphatic imine (C=N–C) groups is 1. The lowest BCUT2D eigenvalue weighted by Crippen LogP contribution is -2.52. The van der Waals surface area contributed by atoms with Gasteiger partial charge in [0.25, 0.3) is 0 Å². The van der Waals surface area contributed by atoms with E-state index in [1.807, 2.05) is 7.05 Å². The summed E-state index contributed by atoms with van der Waals surface area (Å²) in [6, 6.07) is 0. The molecule has 7 heteroatoms. The number of rotatable bonds is 8. The van der Waals surface area contributed by atoms with E-state index in [-0.39, 0.29) is 29.6 Å². The Labute approximate surface area is 200 Å². The Bertz CT molecular complexity index is 486. The van der Waals surface area contributed by atoms with E-state index in [1.165, 1.54) is 32.1 Å². The Kier molecular flexibility index (Phi) is 12.3. The topological polar surface area (TPSA) is 55.3 Å². The van der Waals surface area contributed by atoms with Crippen molar-refractivity contribution in [1.82, 2.24) is 10.2 Å². The highest BCUT2D eigenvalue weighted by Crippen LogP contribution is 2.31. The van der Waals surface area contributed by atoms with Gasteiger partial charge < -0.3 is 24.4 Å². The number of hydrogen-bond acceptors (Lipinski definition) is 4. The molecule has 0 bridgehead atoms. The molecule has 0 aromatic heterocycles. The van der Waals surface area contributed by atoms with Gasteiger partial charge in [-0.25, -0.2) is 0 Å². The molecule has 3 fully saturated rings. The van der Waals surface area contributed by atoms with E-state index in [4.69, 9.17) is 14.2 Å². The minimum Gasteiger partial charge on any atom is -0.376 e. The predicted molar refractivity (Wildman–Crippen MR) is 133 cm³/mol. The molecule has 0 amide bonds. The molecule has 1 unspecified atom stereocenters. The van der Waals surface area contributed by atoms with Crippen LogP contribution in [0.1, 0.15) is 77.6 Å². The molecule has 2 saturated heterocycles. The summed E-state index contributed by atoms with van der Waals surface area (Å²) in [4.78, 5) is 6.95. The van der Waals surface area contributed by atoms with Crippen molar-refractivity contribution in [3.63, 3.8) is 0 Å². The lowest BCUT2D eigenvalue weighted by Gasteiger charge is -2.40. The molecule has 0 spiro atoms. The molecule has 1 N–H and O–H groups in total. The number of nitrogens with one attached hydrogen (secondary N) is 1. The fourth-order valence-corrected chi connectivity index (χ4v) is 4.88. The smallest absolute Gasteiger partial charge is 0.193 e. The summed E-state index contributed by atoms with van der Waals surface area (Å²) >= 11 is 0. The maximum atomic E-state index is 6.34. The molecule has 1 atom stereocenters. The van der Waals surface area contributed by atoms with Gasteiger partial charge in [0.1, 0.15) is 0 Å². The van der Waals surface area contributed by atoms with Crippen molar-refractivity contribution in [2.45, 2.75) is 95.4 Å². The summed E-state index contributed by atoms with van der Waals surface area (Å²) in [5.74, 6) is 1.02. The number of piperidine rings is 1. The molecule has 1 aliphatic carbocycles. The molecule has 176 valence electrons. The Morgan fingerprint density at radius 3 is 2.50 bits per heavy atom. The monoisotopic (exact) mass is 537 g/mol. The van der Waals surface area contributed by atoms with Crippen LogP contribution in [0.2, 0.25) is 0 Å². The van der Waals surface area contributed by atoms with Crippen LogP contribution in [0.4, 0.5) is 0 Å². The zero-order chi connectivity index (χ0) is 20.4. The van der Waals surface area contributed by atoms with Crippen LogP contribution >= 0.6 is 24.0 Å². The minimum atomic E-state index is -0.00830. The van der Waals surface area contributed by atoms with E-state index in [9.17, 15) is 0 Å². The SMILES string of the molecule is CCCOC1(CNC(=NC)N2CCC(OCC3CCCCO3)CC2)CCCCC1.I. The number of nitrogens with zero attached hydrogens (tertiary/aromatic N) is 2. The largest absolute Gasteiger partial charge is 0.376 e. The standard InChI is InChI=1S/C23H43N3O3.HI/c1-3-16-29-23(12-6-4-7-13-23)19-25-22(24-2)26-14-10-20(11-15-26)28-18-21-9-5-8-17-27-21;/h20-21H,3-19H2,1-2H3,(H,24,25);1H. The van der Waals surface area contributed by atoms with Crippen molar-refractivity contribution in [3.05, 3.63) is 0 Å². The fourth-order valence-electron chi connectivity index (χ4n) is 4.88. The van der Waals surface area contributed by atoms with Crippen molar-refractivity contribution in [2.75, 3.05) is 46.5 Å². The molecule has 0 aromatic carbocycles. The second kappa shape index (κ2) is 14.1. The minimum absolute atomic E-state index is 0. The maximum Gasteiger partial charge on any atom is 0.193 e. The third-order valence-electron chi connectivity index (χ3n) is 6.69. The van der Waals surface area contributed by atoms with Gasteiger partial charge in [-0.05, 0) is 51.4 Å². The van der Waals surface area contributed by atoms with E-state index < -0.39 is 0 Å². The normalized spacial score (nSPS) is 25.6. The molecule has 0 aromatic rings. The summed E-state index contributed by atoms with van der Waals surface area (Å²) in [5, 5.41) is 3.65. The predicted octanol–water partition coefficient (Wildman–Crippen LogP) is 4.36. The van der Waals surface area contributed by atoms with Gasteiger partial charge in [0.05, 0.1) is 24.4 Å². The van der Waals surface area contributed by atoms with Crippen LogP contribution in [-0.4, -0.2) is 75.2 Å². The summed E-state index contributed by atoms with van der Waals surface area (Å²) in [6.45, 7) is 7.57. The highest BCUT2D eigenvalue weighted by molar-refractivity contribution is 14.0. The lowest BCUT2D eigenvalue weighted by molar-refractivity contribution is -0.0728. The van der Waals surface area contributed by atoms with E-state index in [1.54, 1.807) is 0 Å². The molecule has 1 saturated carbocycles. The number of hydrogen-bond donors (Lipinski definition) is 1. The third kappa shape index (κ3) is 8.10. The van der Waals surface area contributed by atoms with Gasteiger partial charge in [0.2, 0.25) is 0 Å². The average Bonchev–Trinajstić information content (AvgIpc) is 2.79. The van der Waals surface area contributed by atoms with E-state index in [0.29, 0.717) is 12.2 Å².